The van der Waals surface area contributed by atoms with Gasteiger partial charge in [-0.3, -0.25) is 9.69 Å². The Kier molecular flexibility index (Phi) is 7.06. The lowest BCUT2D eigenvalue weighted by Crippen LogP contribution is -2.40. The predicted octanol–water partition coefficient (Wildman–Crippen LogP) is 0.626. The number of hydrogen-bond donors (Lipinski definition) is 2. The zero-order chi connectivity index (χ0) is 13.2. The lowest BCUT2D eigenvalue weighted by Gasteiger charge is -2.20. The molecule has 0 aliphatic heterocycles. The van der Waals surface area contributed by atoms with Crippen LogP contribution in [0.2, 0.25) is 0 Å². The Morgan fingerprint density at radius 3 is 2.61 bits per heavy atom. The van der Waals surface area contributed by atoms with E-state index in [9.17, 15) is 4.79 Å². The fourth-order valence-electron chi connectivity index (χ4n) is 1.84. The maximum Gasteiger partial charge on any atom is 0.234 e. The van der Waals surface area contributed by atoms with Crippen molar-refractivity contribution in [3.63, 3.8) is 0 Å². The summed E-state index contributed by atoms with van der Waals surface area (Å²) < 4.78 is 0. The van der Waals surface area contributed by atoms with E-state index in [1.807, 2.05) is 25.1 Å². The van der Waals surface area contributed by atoms with E-state index in [0.717, 1.165) is 19.5 Å². The highest BCUT2D eigenvalue weighted by molar-refractivity contribution is 5.77. The van der Waals surface area contributed by atoms with Gasteiger partial charge in [0, 0.05) is 26.2 Å². The smallest absolute Gasteiger partial charge is 0.234 e. The maximum absolute atomic E-state index is 11.5. The highest BCUT2D eigenvalue weighted by Gasteiger charge is 2.09. The van der Waals surface area contributed by atoms with Crippen molar-refractivity contribution in [2.24, 2.45) is 5.73 Å². The van der Waals surface area contributed by atoms with Gasteiger partial charge in [0.1, 0.15) is 0 Å². The Labute approximate surface area is 109 Å². The van der Waals surface area contributed by atoms with Crippen molar-refractivity contribution in [3.8, 4) is 0 Å². The Morgan fingerprint density at radius 1 is 1.28 bits per heavy atom. The third kappa shape index (κ3) is 5.80. The summed E-state index contributed by atoms with van der Waals surface area (Å²) in [4.78, 5) is 13.6. The number of likely N-dealkylation sites (N-methyl/N-ethyl adjacent to an activating group) is 1. The lowest BCUT2D eigenvalue weighted by atomic mass is 10.1. The monoisotopic (exact) mass is 249 g/mol. The van der Waals surface area contributed by atoms with Gasteiger partial charge in [0.2, 0.25) is 5.91 Å². The van der Waals surface area contributed by atoms with Crippen LogP contribution in [0.4, 0.5) is 0 Å². The molecule has 0 spiro atoms. The van der Waals surface area contributed by atoms with E-state index >= 15 is 0 Å². The molecule has 0 atom stereocenters. The molecule has 0 aliphatic carbocycles. The first-order valence-corrected chi connectivity index (χ1v) is 6.49. The van der Waals surface area contributed by atoms with Gasteiger partial charge in [-0.05, 0) is 18.9 Å². The Morgan fingerprint density at radius 2 is 2.00 bits per heavy atom. The van der Waals surface area contributed by atoms with E-state index < -0.39 is 0 Å². The molecule has 3 N–H and O–H groups in total. The molecule has 18 heavy (non-hydrogen) atoms. The number of nitrogens with zero attached hydrogens (tertiary/aromatic N) is 1. The second-order valence-electron chi connectivity index (χ2n) is 4.25. The van der Waals surface area contributed by atoms with E-state index in [1.54, 1.807) is 0 Å². The number of rotatable bonds is 8. The van der Waals surface area contributed by atoms with Crippen LogP contribution in [0.1, 0.15) is 12.5 Å². The molecule has 1 rings (SSSR count). The van der Waals surface area contributed by atoms with Crippen molar-refractivity contribution in [1.82, 2.24) is 10.2 Å². The molecule has 0 fully saturated rings. The molecule has 0 aliphatic rings. The van der Waals surface area contributed by atoms with Gasteiger partial charge in [-0.1, -0.05) is 30.3 Å². The van der Waals surface area contributed by atoms with Crippen molar-refractivity contribution in [3.05, 3.63) is 35.9 Å². The molecule has 100 valence electrons. The zero-order valence-corrected chi connectivity index (χ0v) is 11.1. The molecular formula is C14H23N3O. The maximum atomic E-state index is 11.5. The molecule has 1 aromatic carbocycles. The quantitative estimate of drug-likeness (QED) is 0.710. The van der Waals surface area contributed by atoms with E-state index in [-0.39, 0.29) is 5.91 Å². The van der Waals surface area contributed by atoms with Gasteiger partial charge in [0.25, 0.3) is 0 Å². The minimum Gasteiger partial charge on any atom is -0.355 e. The molecule has 0 saturated carbocycles. The number of benzene rings is 1. The van der Waals surface area contributed by atoms with E-state index in [1.165, 1.54) is 5.56 Å². The second-order valence-corrected chi connectivity index (χ2v) is 4.25. The molecule has 1 amide bonds. The summed E-state index contributed by atoms with van der Waals surface area (Å²) in [7, 11) is 0. The Bertz CT molecular complexity index is 340. The summed E-state index contributed by atoms with van der Waals surface area (Å²) in [5.74, 6) is 0.0685. The molecule has 1 aromatic rings. The van der Waals surface area contributed by atoms with Crippen molar-refractivity contribution >= 4 is 5.91 Å². The van der Waals surface area contributed by atoms with Gasteiger partial charge in [-0.2, -0.15) is 0 Å². The van der Waals surface area contributed by atoms with Crippen LogP contribution in [0, 0.1) is 0 Å². The highest BCUT2D eigenvalue weighted by Crippen LogP contribution is 2.01. The predicted molar refractivity (Wildman–Crippen MR) is 74.3 cm³/mol. The van der Waals surface area contributed by atoms with Crippen LogP contribution < -0.4 is 11.1 Å². The van der Waals surface area contributed by atoms with Gasteiger partial charge in [0.15, 0.2) is 0 Å². The van der Waals surface area contributed by atoms with Crippen LogP contribution in [0.5, 0.6) is 0 Å². The van der Waals surface area contributed by atoms with Crippen LogP contribution in [0.15, 0.2) is 30.3 Å². The van der Waals surface area contributed by atoms with Gasteiger partial charge in [0.05, 0.1) is 6.54 Å². The summed E-state index contributed by atoms with van der Waals surface area (Å²) in [6.45, 7) is 5.22. The van der Waals surface area contributed by atoms with Gasteiger partial charge in [-0.25, -0.2) is 0 Å². The molecule has 0 aromatic heterocycles. The van der Waals surface area contributed by atoms with Crippen molar-refractivity contribution < 1.29 is 4.79 Å². The molecule has 4 heteroatoms. The standard InChI is InChI=1S/C14H23N3O/c1-2-16-14(18)12-17(11-9-15)10-8-13-6-4-3-5-7-13/h3-7H,2,8-12,15H2,1H3,(H,16,18). The van der Waals surface area contributed by atoms with E-state index in [2.05, 4.69) is 22.3 Å². The van der Waals surface area contributed by atoms with Gasteiger partial charge >= 0.3 is 0 Å². The number of nitrogens with two attached hydrogens (primary N) is 1. The average molecular weight is 249 g/mol. The lowest BCUT2D eigenvalue weighted by molar-refractivity contribution is -0.122. The number of carbonyl (C=O) groups excluding carboxylic acids is 1. The first-order valence-electron chi connectivity index (χ1n) is 6.49. The molecule has 0 saturated heterocycles. The van der Waals surface area contributed by atoms with Crippen LogP contribution in [-0.4, -0.2) is 43.5 Å². The fourth-order valence-corrected chi connectivity index (χ4v) is 1.84. The minimum absolute atomic E-state index is 0.0685. The summed E-state index contributed by atoms with van der Waals surface area (Å²) in [6, 6.07) is 10.3. The van der Waals surface area contributed by atoms with E-state index in [0.29, 0.717) is 19.6 Å². The normalized spacial score (nSPS) is 10.6. The van der Waals surface area contributed by atoms with Crippen molar-refractivity contribution in [2.75, 3.05) is 32.7 Å². The Hall–Kier alpha value is -1.39. The molecule has 0 radical (unpaired) electrons. The first kappa shape index (κ1) is 14.7. The minimum atomic E-state index is 0.0685. The molecule has 0 heterocycles. The second kappa shape index (κ2) is 8.66. The SMILES string of the molecule is CCNC(=O)CN(CCN)CCc1ccccc1. The average Bonchev–Trinajstić information content (AvgIpc) is 2.38. The molecule has 0 bridgehead atoms. The van der Waals surface area contributed by atoms with Crippen LogP contribution in [-0.2, 0) is 11.2 Å². The summed E-state index contributed by atoms with van der Waals surface area (Å²) in [6.07, 6.45) is 0.945. The molecule has 0 unspecified atom stereocenters. The van der Waals surface area contributed by atoms with Gasteiger partial charge in [-0.15, -0.1) is 0 Å². The van der Waals surface area contributed by atoms with Gasteiger partial charge < -0.3 is 11.1 Å². The van der Waals surface area contributed by atoms with Crippen molar-refractivity contribution in [2.45, 2.75) is 13.3 Å². The zero-order valence-electron chi connectivity index (χ0n) is 11.1. The third-order valence-corrected chi connectivity index (χ3v) is 2.75. The molecular weight excluding hydrogens is 226 g/mol. The number of nitrogens with one attached hydrogen (secondary N) is 1. The fraction of sp³-hybridized carbons (Fsp3) is 0.500. The number of carbonyl (C=O) groups is 1. The Balaban J connectivity index is 2.40. The van der Waals surface area contributed by atoms with Crippen LogP contribution in [0.3, 0.4) is 0 Å². The van der Waals surface area contributed by atoms with Crippen LogP contribution in [0.25, 0.3) is 0 Å². The van der Waals surface area contributed by atoms with Crippen LogP contribution >= 0.6 is 0 Å². The first-order chi connectivity index (χ1) is 8.76. The highest BCUT2D eigenvalue weighted by atomic mass is 16.2. The van der Waals surface area contributed by atoms with E-state index in [4.69, 9.17) is 5.73 Å². The largest absolute Gasteiger partial charge is 0.355 e. The topological polar surface area (TPSA) is 58.4 Å². The summed E-state index contributed by atoms with van der Waals surface area (Å²) in [5.41, 5.74) is 6.86. The molecule has 4 nitrogen and oxygen atoms in total. The summed E-state index contributed by atoms with van der Waals surface area (Å²) >= 11 is 0. The third-order valence-electron chi connectivity index (χ3n) is 2.75. The number of hydrogen-bond acceptors (Lipinski definition) is 3. The number of amides is 1. The van der Waals surface area contributed by atoms with Crippen molar-refractivity contribution in [1.29, 1.82) is 0 Å². The summed E-state index contributed by atoms with van der Waals surface area (Å²) in [5, 5.41) is 2.81.